The highest BCUT2D eigenvalue weighted by molar-refractivity contribution is 5.74. The fourth-order valence-corrected chi connectivity index (χ4v) is 4.44. The molecule has 0 spiro atoms. The summed E-state index contributed by atoms with van der Waals surface area (Å²) in [6.07, 6.45) is 1.95. The smallest absolute Gasteiger partial charge is 0.349 e. The van der Waals surface area contributed by atoms with Crippen molar-refractivity contribution in [2.45, 2.75) is 46.5 Å². The maximum absolute atomic E-state index is 12.5. The number of rotatable bonds is 11. The average Bonchev–Trinajstić information content (AvgIpc) is 2.94. The van der Waals surface area contributed by atoms with Crippen LogP contribution in [0.2, 0.25) is 0 Å². The van der Waals surface area contributed by atoms with Gasteiger partial charge in [0.1, 0.15) is 28.9 Å². The lowest BCUT2D eigenvalue weighted by molar-refractivity contribution is -0.136. The second kappa shape index (κ2) is 12.9. The van der Waals surface area contributed by atoms with Crippen LogP contribution in [0.5, 0.6) is 28.7 Å². The number of esters is 1. The molecule has 40 heavy (non-hydrogen) atoms. The molecule has 1 heterocycles. The lowest BCUT2D eigenvalue weighted by Gasteiger charge is -2.27. The lowest BCUT2D eigenvalue weighted by Crippen LogP contribution is -2.22. The number of carbonyl (C=O) groups excluding carboxylic acids is 1. The number of nitriles is 1. The normalized spacial score (nSPS) is 14.0. The van der Waals surface area contributed by atoms with E-state index in [1.807, 2.05) is 57.2 Å². The Morgan fingerprint density at radius 2 is 1.82 bits per heavy atom. The highest BCUT2D eigenvalue weighted by Gasteiger charge is 2.32. The number of aryl methyl sites for hydroxylation is 1. The lowest BCUT2D eigenvalue weighted by atomic mass is 9.83. The molecule has 0 fully saturated rings. The molecule has 0 saturated carbocycles. The summed E-state index contributed by atoms with van der Waals surface area (Å²) in [4.78, 5) is 12.5. The Labute approximate surface area is 234 Å². The van der Waals surface area contributed by atoms with Crippen molar-refractivity contribution in [2.75, 3.05) is 19.8 Å². The number of ether oxygens (including phenoxy) is 5. The van der Waals surface area contributed by atoms with E-state index >= 15 is 0 Å². The summed E-state index contributed by atoms with van der Waals surface area (Å²) in [5.41, 5.74) is 10.00. The van der Waals surface area contributed by atoms with Gasteiger partial charge >= 0.3 is 5.97 Å². The molecular formula is C32H34N2O6. The highest BCUT2D eigenvalue weighted by atomic mass is 16.6. The van der Waals surface area contributed by atoms with Crippen LogP contribution in [0.1, 0.15) is 54.9 Å². The summed E-state index contributed by atoms with van der Waals surface area (Å²) >= 11 is 0. The third kappa shape index (κ3) is 6.32. The first kappa shape index (κ1) is 28.4. The van der Waals surface area contributed by atoms with Crippen molar-refractivity contribution in [3.8, 4) is 34.8 Å². The van der Waals surface area contributed by atoms with Gasteiger partial charge in [-0.1, -0.05) is 37.6 Å². The number of fused-ring (bicyclic) bond motifs is 1. The van der Waals surface area contributed by atoms with Crippen LogP contribution < -0.4 is 29.4 Å². The molecule has 0 saturated heterocycles. The molecule has 8 heteroatoms. The SMILES string of the molecule is CCCCOc1ccc(C2C(C#N)=C(N)Oc3cc(OC(=O)COc4cccc(C)c4C)ccc32)cc1OCC. The minimum atomic E-state index is -0.561. The van der Waals surface area contributed by atoms with Crippen molar-refractivity contribution < 1.29 is 28.5 Å². The first-order valence-corrected chi connectivity index (χ1v) is 13.4. The van der Waals surface area contributed by atoms with Gasteiger partial charge in [-0.2, -0.15) is 5.26 Å². The molecule has 4 rings (SSSR count). The first-order chi connectivity index (χ1) is 19.4. The van der Waals surface area contributed by atoms with Crippen LogP contribution >= 0.6 is 0 Å². The van der Waals surface area contributed by atoms with Crippen LogP contribution in [0.3, 0.4) is 0 Å². The molecular weight excluding hydrogens is 508 g/mol. The molecule has 1 atom stereocenters. The van der Waals surface area contributed by atoms with Crippen LogP contribution in [0.15, 0.2) is 66.1 Å². The predicted octanol–water partition coefficient (Wildman–Crippen LogP) is 6.08. The van der Waals surface area contributed by atoms with Crippen LogP contribution in [-0.2, 0) is 4.79 Å². The summed E-state index contributed by atoms with van der Waals surface area (Å²) in [6, 6.07) is 18.5. The third-order valence-corrected chi connectivity index (χ3v) is 6.68. The van der Waals surface area contributed by atoms with E-state index in [0.717, 1.165) is 29.5 Å². The van der Waals surface area contributed by atoms with E-state index in [9.17, 15) is 10.1 Å². The quantitative estimate of drug-likeness (QED) is 0.176. The van der Waals surface area contributed by atoms with Crippen LogP contribution in [-0.4, -0.2) is 25.8 Å². The molecule has 8 nitrogen and oxygen atoms in total. The molecule has 0 aliphatic carbocycles. The molecule has 0 aromatic heterocycles. The van der Waals surface area contributed by atoms with Gasteiger partial charge in [0.2, 0.25) is 5.88 Å². The van der Waals surface area contributed by atoms with E-state index in [1.165, 1.54) is 0 Å². The van der Waals surface area contributed by atoms with Crippen molar-refractivity contribution >= 4 is 5.97 Å². The Balaban J connectivity index is 1.57. The van der Waals surface area contributed by atoms with E-state index < -0.39 is 11.9 Å². The zero-order valence-corrected chi connectivity index (χ0v) is 23.3. The number of unbranched alkanes of at least 4 members (excludes halogenated alkanes) is 1. The van der Waals surface area contributed by atoms with Gasteiger partial charge in [0.25, 0.3) is 0 Å². The van der Waals surface area contributed by atoms with Gasteiger partial charge in [-0.05, 0) is 68.1 Å². The Morgan fingerprint density at radius 1 is 1.00 bits per heavy atom. The molecule has 0 bridgehead atoms. The van der Waals surface area contributed by atoms with Gasteiger partial charge in [0.15, 0.2) is 18.1 Å². The van der Waals surface area contributed by atoms with Gasteiger partial charge in [-0.3, -0.25) is 0 Å². The minimum Gasteiger partial charge on any atom is -0.490 e. The summed E-state index contributed by atoms with van der Waals surface area (Å²) in [5.74, 6) is 1.45. The van der Waals surface area contributed by atoms with Crippen LogP contribution in [0.4, 0.5) is 0 Å². The van der Waals surface area contributed by atoms with Crippen LogP contribution in [0.25, 0.3) is 0 Å². The number of hydrogen-bond acceptors (Lipinski definition) is 8. The van der Waals surface area contributed by atoms with E-state index in [-0.39, 0.29) is 23.8 Å². The molecule has 3 aromatic rings. The maximum atomic E-state index is 12.5. The largest absolute Gasteiger partial charge is 0.490 e. The first-order valence-electron chi connectivity index (χ1n) is 13.4. The second-order valence-electron chi connectivity index (χ2n) is 9.43. The molecule has 0 radical (unpaired) electrons. The Kier molecular flexibility index (Phi) is 9.18. The van der Waals surface area contributed by atoms with Crippen molar-refractivity contribution in [2.24, 2.45) is 5.73 Å². The van der Waals surface area contributed by atoms with Gasteiger partial charge in [-0.25, -0.2) is 4.79 Å². The summed E-state index contributed by atoms with van der Waals surface area (Å²) < 4.78 is 28.7. The van der Waals surface area contributed by atoms with E-state index in [2.05, 4.69) is 13.0 Å². The molecule has 1 aliphatic rings. The van der Waals surface area contributed by atoms with Gasteiger partial charge < -0.3 is 29.4 Å². The van der Waals surface area contributed by atoms with Crippen molar-refractivity contribution in [3.63, 3.8) is 0 Å². The number of hydrogen-bond donors (Lipinski definition) is 1. The zero-order chi connectivity index (χ0) is 28.6. The summed E-state index contributed by atoms with van der Waals surface area (Å²) in [5, 5.41) is 9.95. The number of allylic oxidation sites excluding steroid dienone is 1. The molecule has 3 aromatic carbocycles. The zero-order valence-electron chi connectivity index (χ0n) is 23.3. The second-order valence-corrected chi connectivity index (χ2v) is 9.43. The Hall–Kier alpha value is -4.64. The number of nitrogens with two attached hydrogens (primary N) is 1. The molecule has 1 unspecified atom stereocenters. The predicted molar refractivity (Wildman–Crippen MR) is 151 cm³/mol. The number of carbonyl (C=O) groups is 1. The number of benzene rings is 3. The van der Waals surface area contributed by atoms with Gasteiger partial charge in [0, 0.05) is 11.6 Å². The fourth-order valence-electron chi connectivity index (χ4n) is 4.44. The third-order valence-electron chi connectivity index (χ3n) is 6.68. The average molecular weight is 543 g/mol. The summed E-state index contributed by atoms with van der Waals surface area (Å²) in [6.45, 7) is 8.72. The van der Waals surface area contributed by atoms with Crippen molar-refractivity contribution in [1.82, 2.24) is 0 Å². The Morgan fingerprint density at radius 3 is 2.58 bits per heavy atom. The van der Waals surface area contributed by atoms with Crippen molar-refractivity contribution in [1.29, 1.82) is 5.26 Å². The maximum Gasteiger partial charge on any atom is 0.349 e. The molecule has 0 amide bonds. The monoisotopic (exact) mass is 542 g/mol. The fraction of sp³-hybridized carbons (Fsp3) is 0.312. The topological polar surface area (TPSA) is 113 Å². The van der Waals surface area contributed by atoms with Crippen LogP contribution in [0, 0.1) is 25.2 Å². The molecule has 208 valence electrons. The minimum absolute atomic E-state index is 0.0111. The molecule has 2 N–H and O–H groups in total. The standard InChI is InChI=1S/C32H34N2O6/c1-5-7-15-37-27-14-11-22(16-29(27)36-6-2)31-24-13-12-23(17-28(24)40-32(34)25(31)18-33)39-30(35)19-38-26-10-8-9-20(3)21(26)4/h8-14,16-17,31H,5-7,15,19,34H2,1-4H3. The summed E-state index contributed by atoms with van der Waals surface area (Å²) in [7, 11) is 0. The number of nitrogens with zero attached hydrogens (tertiary/aromatic N) is 1. The van der Waals surface area contributed by atoms with Crippen molar-refractivity contribution in [3.05, 3.63) is 88.3 Å². The Bertz CT molecular complexity index is 1460. The van der Waals surface area contributed by atoms with E-state index in [4.69, 9.17) is 29.4 Å². The van der Waals surface area contributed by atoms with Gasteiger partial charge in [-0.15, -0.1) is 0 Å². The highest BCUT2D eigenvalue weighted by Crippen LogP contribution is 2.45. The van der Waals surface area contributed by atoms with E-state index in [1.54, 1.807) is 18.2 Å². The van der Waals surface area contributed by atoms with Gasteiger partial charge in [0.05, 0.1) is 19.1 Å². The van der Waals surface area contributed by atoms with E-state index in [0.29, 0.717) is 41.8 Å². The molecule has 1 aliphatic heterocycles.